The van der Waals surface area contributed by atoms with Gasteiger partial charge in [-0.15, -0.1) is 0 Å². The van der Waals surface area contributed by atoms with Crippen molar-refractivity contribution in [3.05, 3.63) is 40.9 Å². The van der Waals surface area contributed by atoms with Crippen LogP contribution in [0.15, 0.2) is 35.4 Å². The van der Waals surface area contributed by atoms with Crippen LogP contribution in [-0.4, -0.2) is 22.1 Å². The fraction of sp³-hybridized carbons (Fsp3) is 0.286. The lowest BCUT2D eigenvalue weighted by atomic mass is 10.2. The zero-order valence-corrected chi connectivity index (χ0v) is 12.0. The van der Waals surface area contributed by atoms with Gasteiger partial charge in [0.2, 0.25) is 5.91 Å². The Bertz CT molecular complexity index is 655. The van der Waals surface area contributed by atoms with Crippen LogP contribution in [0.1, 0.15) is 18.4 Å². The number of alkyl halides is 3. The number of benzene rings is 1. The minimum atomic E-state index is -4.38. The Kier molecular flexibility index (Phi) is 3.64. The minimum absolute atomic E-state index is 0.152. The van der Waals surface area contributed by atoms with E-state index in [0.717, 1.165) is 12.1 Å². The number of imide groups is 1. The van der Waals surface area contributed by atoms with Crippen LogP contribution in [0.4, 0.5) is 18.9 Å². The Morgan fingerprint density at radius 1 is 1.23 bits per heavy atom. The minimum Gasteiger partial charge on any atom is -0.360 e. The fourth-order valence-corrected chi connectivity index (χ4v) is 3.50. The average molecular weight is 328 g/mol. The van der Waals surface area contributed by atoms with Gasteiger partial charge in [-0.2, -0.15) is 13.2 Å². The second-order valence-electron chi connectivity index (χ2n) is 4.91. The van der Waals surface area contributed by atoms with Crippen molar-refractivity contribution in [2.45, 2.75) is 24.4 Å². The molecule has 0 aliphatic carbocycles. The number of hydrogen-bond donors (Lipinski definition) is 1. The van der Waals surface area contributed by atoms with Crippen molar-refractivity contribution in [3.63, 3.8) is 0 Å². The van der Waals surface area contributed by atoms with Crippen LogP contribution in [0.3, 0.4) is 0 Å². The van der Waals surface area contributed by atoms with Gasteiger partial charge in [-0.3, -0.25) is 14.5 Å². The van der Waals surface area contributed by atoms with Gasteiger partial charge in [-0.1, -0.05) is 11.8 Å². The molecule has 1 atom stereocenters. The largest absolute Gasteiger partial charge is 0.416 e. The van der Waals surface area contributed by atoms with Crippen molar-refractivity contribution in [2.24, 2.45) is 0 Å². The predicted molar refractivity (Wildman–Crippen MR) is 75.6 cm³/mol. The molecular weight excluding hydrogens is 317 g/mol. The molecular formula is C14H11F3N2O2S. The normalized spacial score (nSPS) is 23.3. The average Bonchev–Trinajstić information content (AvgIpc) is 2.97. The topological polar surface area (TPSA) is 49.4 Å². The van der Waals surface area contributed by atoms with Crippen LogP contribution in [0.5, 0.6) is 0 Å². The summed E-state index contributed by atoms with van der Waals surface area (Å²) in [4.78, 5) is 25.2. The summed E-state index contributed by atoms with van der Waals surface area (Å²) in [7, 11) is 0. The third kappa shape index (κ3) is 2.70. The predicted octanol–water partition coefficient (Wildman–Crippen LogP) is 3.18. The number of hydrogen-bond acceptors (Lipinski definition) is 4. The lowest BCUT2D eigenvalue weighted by molar-refractivity contribution is -0.139. The molecule has 3 rings (SSSR count). The molecule has 2 aliphatic rings. The lowest BCUT2D eigenvalue weighted by Gasteiger charge is -2.09. The molecule has 1 aromatic carbocycles. The number of amides is 2. The second-order valence-corrected chi connectivity index (χ2v) is 6.13. The monoisotopic (exact) mass is 328 g/mol. The maximum absolute atomic E-state index is 12.5. The SMILES string of the molecule is O=C1CC[C@H]2S/C(=C/Nc3ccc(C(F)(F)F)cc3)C(=O)N12. The highest BCUT2D eigenvalue weighted by Gasteiger charge is 2.44. The van der Waals surface area contributed by atoms with Crippen molar-refractivity contribution >= 4 is 29.3 Å². The molecule has 4 nitrogen and oxygen atoms in total. The van der Waals surface area contributed by atoms with E-state index >= 15 is 0 Å². The summed E-state index contributed by atoms with van der Waals surface area (Å²) in [6.07, 6.45) is -1.93. The van der Waals surface area contributed by atoms with Gasteiger partial charge in [0.25, 0.3) is 5.91 Å². The summed E-state index contributed by atoms with van der Waals surface area (Å²) in [5, 5.41) is 2.64. The summed E-state index contributed by atoms with van der Waals surface area (Å²) < 4.78 is 37.4. The summed E-state index contributed by atoms with van der Waals surface area (Å²) in [6, 6.07) is 4.50. The number of nitrogens with one attached hydrogen (secondary N) is 1. The number of anilines is 1. The first-order valence-corrected chi connectivity index (χ1v) is 7.41. The van der Waals surface area contributed by atoms with Crippen LogP contribution < -0.4 is 5.32 Å². The molecule has 22 heavy (non-hydrogen) atoms. The molecule has 0 radical (unpaired) electrons. The van der Waals surface area contributed by atoms with Crippen LogP contribution >= 0.6 is 11.8 Å². The molecule has 2 saturated heterocycles. The summed E-state index contributed by atoms with van der Waals surface area (Å²) in [5.41, 5.74) is -0.296. The first-order chi connectivity index (χ1) is 10.4. The molecule has 0 unspecified atom stereocenters. The van der Waals surface area contributed by atoms with Gasteiger partial charge >= 0.3 is 6.18 Å². The Labute approximate surface area is 128 Å². The molecule has 0 bridgehead atoms. The summed E-state index contributed by atoms with van der Waals surface area (Å²) in [6.45, 7) is 0. The van der Waals surface area contributed by atoms with Crippen LogP contribution in [0, 0.1) is 0 Å². The first-order valence-electron chi connectivity index (χ1n) is 6.53. The third-order valence-electron chi connectivity index (χ3n) is 3.44. The molecule has 0 spiro atoms. The highest BCUT2D eigenvalue weighted by atomic mass is 32.2. The molecule has 0 saturated carbocycles. The van der Waals surface area contributed by atoms with Gasteiger partial charge < -0.3 is 5.32 Å². The van der Waals surface area contributed by atoms with Gasteiger partial charge in [0.1, 0.15) is 0 Å². The van der Waals surface area contributed by atoms with Gasteiger partial charge in [0.05, 0.1) is 15.8 Å². The van der Waals surface area contributed by atoms with Crippen molar-refractivity contribution in [1.29, 1.82) is 0 Å². The number of fused-ring (bicyclic) bond motifs is 1. The van der Waals surface area contributed by atoms with Gasteiger partial charge in [0.15, 0.2) is 0 Å². The molecule has 2 heterocycles. The number of halogens is 3. The lowest BCUT2D eigenvalue weighted by Crippen LogP contribution is -2.31. The summed E-state index contributed by atoms with van der Waals surface area (Å²) in [5.74, 6) is -0.530. The van der Waals surface area contributed by atoms with E-state index in [0.29, 0.717) is 23.4 Å². The van der Waals surface area contributed by atoms with Crippen molar-refractivity contribution in [1.82, 2.24) is 4.90 Å². The van der Waals surface area contributed by atoms with Gasteiger partial charge in [0, 0.05) is 18.3 Å². The third-order valence-corrected chi connectivity index (χ3v) is 4.70. The van der Waals surface area contributed by atoms with E-state index in [1.807, 2.05) is 0 Å². The maximum atomic E-state index is 12.5. The Morgan fingerprint density at radius 3 is 2.50 bits per heavy atom. The van der Waals surface area contributed by atoms with Crippen LogP contribution in [-0.2, 0) is 15.8 Å². The molecule has 2 aliphatic heterocycles. The smallest absolute Gasteiger partial charge is 0.360 e. The maximum Gasteiger partial charge on any atom is 0.416 e. The molecule has 1 aromatic rings. The van der Waals surface area contributed by atoms with E-state index in [4.69, 9.17) is 0 Å². The first kappa shape index (κ1) is 15.0. The Hall–Kier alpha value is -1.96. The van der Waals surface area contributed by atoms with E-state index in [9.17, 15) is 22.8 Å². The number of carbonyl (C=O) groups excluding carboxylic acids is 2. The van der Waals surface area contributed by atoms with E-state index in [1.54, 1.807) is 0 Å². The van der Waals surface area contributed by atoms with Gasteiger partial charge in [-0.25, -0.2) is 0 Å². The number of nitrogens with zero attached hydrogens (tertiary/aromatic N) is 1. The van der Waals surface area contributed by atoms with E-state index in [1.165, 1.54) is 35.0 Å². The van der Waals surface area contributed by atoms with Gasteiger partial charge in [-0.05, 0) is 30.7 Å². The zero-order chi connectivity index (χ0) is 15.9. The Balaban J connectivity index is 1.70. The highest BCUT2D eigenvalue weighted by Crippen LogP contribution is 2.41. The molecule has 1 N–H and O–H groups in total. The van der Waals surface area contributed by atoms with Crippen molar-refractivity contribution < 1.29 is 22.8 Å². The van der Waals surface area contributed by atoms with E-state index in [-0.39, 0.29) is 17.2 Å². The molecule has 116 valence electrons. The fourth-order valence-electron chi connectivity index (χ4n) is 2.33. The van der Waals surface area contributed by atoms with Crippen LogP contribution in [0.25, 0.3) is 0 Å². The molecule has 8 heteroatoms. The molecule has 2 fully saturated rings. The quantitative estimate of drug-likeness (QED) is 0.669. The van der Waals surface area contributed by atoms with Crippen LogP contribution in [0.2, 0.25) is 0 Å². The van der Waals surface area contributed by atoms with E-state index < -0.39 is 11.7 Å². The zero-order valence-electron chi connectivity index (χ0n) is 11.2. The molecule has 0 aromatic heterocycles. The molecule has 2 amide bonds. The van der Waals surface area contributed by atoms with E-state index in [2.05, 4.69) is 5.32 Å². The standard InChI is InChI=1S/C14H11F3N2O2S/c15-14(16,17)8-1-3-9(4-2-8)18-7-10-13(21)19-11(20)5-6-12(19)22-10/h1-4,7,12,18H,5-6H2/b10-7+/t12-/m1/s1. The van der Waals surface area contributed by atoms with Crippen molar-refractivity contribution in [2.75, 3.05) is 5.32 Å². The highest BCUT2D eigenvalue weighted by molar-refractivity contribution is 8.05. The number of thioether (sulfide) groups is 1. The Morgan fingerprint density at radius 2 is 1.91 bits per heavy atom. The van der Waals surface area contributed by atoms with Crippen molar-refractivity contribution in [3.8, 4) is 0 Å². The second kappa shape index (κ2) is 5.35. The number of carbonyl (C=O) groups is 2. The number of rotatable bonds is 2. The summed E-state index contributed by atoms with van der Waals surface area (Å²) >= 11 is 1.29.